The monoisotopic (exact) mass is 313 g/mol. The molecule has 0 amide bonds. The number of rotatable bonds is 7. The number of hydrogen-bond donors (Lipinski definition) is 2. The smallest absolute Gasteiger partial charge is 0.287 e. The highest BCUT2D eigenvalue weighted by molar-refractivity contribution is 6.32. The van der Waals surface area contributed by atoms with Crippen molar-refractivity contribution < 1.29 is 5.11 Å². The Bertz CT molecular complexity index is 518. The number of aliphatic hydroxyl groups is 1. The van der Waals surface area contributed by atoms with Gasteiger partial charge < -0.3 is 10.4 Å². The Hall–Kier alpha value is -1.07. The molecular formula is C15H24ClN3O2. The Kier molecular flexibility index (Phi) is 6.06. The fourth-order valence-electron chi connectivity index (χ4n) is 2.92. The van der Waals surface area contributed by atoms with E-state index in [0.29, 0.717) is 24.1 Å². The van der Waals surface area contributed by atoms with Crippen LogP contribution in [0.25, 0.3) is 0 Å². The highest BCUT2D eigenvalue weighted by Gasteiger charge is 2.26. The summed E-state index contributed by atoms with van der Waals surface area (Å²) in [4.78, 5) is 12.1. The molecule has 21 heavy (non-hydrogen) atoms. The molecule has 0 aromatic carbocycles. The van der Waals surface area contributed by atoms with Crippen molar-refractivity contribution in [1.29, 1.82) is 0 Å². The second-order valence-electron chi connectivity index (χ2n) is 5.77. The summed E-state index contributed by atoms with van der Waals surface area (Å²) in [6, 6.07) is 0. The zero-order valence-electron chi connectivity index (χ0n) is 12.5. The van der Waals surface area contributed by atoms with Crippen molar-refractivity contribution in [2.45, 2.75) is 45.6 Å². The molecule has 0 radical (unpaired) electrons. The average Bonchev–Trinajstić information content (AvgIpc) is 2.95. The molecule has 118 valence electrons. The molecule has 1 heterocycles. The number of nitrogens with one attached hydrogen (secondary N) is 1. The number of unbranched alkanes of at least 4 members (excludes halogenated alkanes) is 1. The molecule has 0 bridgehead atoms. The zero-order chi connectivity index (χ0) is 15.2. The van der Waals surface area contributed by atoms with E-state index in [-0.39, 0.29) is 17.2 Å². The third-order valence-corrected chi connectivity index (χ3v) is 4.68. The summed E-state index contributed by atoms with van der Waals surface area (Å²) in [5.41, 5.74) is 0.359. The molecule has 1 fully saturated rings. The molecule has 2 N–H and O–H groups in total. The highest BCUT2D eigenvalue weighted by atomic mass is 35.5. The summed E-state index contributed by atoms with van der Waals surface area (Å²) < 4.78 is 1.42. The summed E-state index contributed by atoms with van der Waals surface area (Å²) in [6.07, 6.45) is 6.89. The van der Waals surface area contributed by atoms with Crippen LogP contribution in [-0.4, -0.2) is 28.0 Å². The lowest BCUT2D eigenvalue weighted by molar-refractivity contribution is 0.199. The number of aryl methyl sites for hydroxylation is 1. The van der Waals surface area contributed by atoms with Gasteiger partial charge in [-0.25, -0.2) is 4.68 Å². The predicted octanol–water partition coefficient (Wildman–Crippen LogP) is 2.52. The second-order valence-corrected chi connectivity index (χ2v) is 6.15. The van der Waals surface area contributed by atoms with Gasteiger partial charge in [-0.2, -0.15) is 5.10 Å². The quantitative estimate of drug-likeness (QED) is 0.811. The van der Waals surface area contributed by atoms with Crippen molar-refractivity contribution in [1.82, 2.24) is 9.78 Å². The topological polar surface area (TPSA) is 67.2 Å². The molecule has 2 unspecified atom stereocenters. The van der Waals surface area contributed by atoms with Crippen LogP contribution in [0.2, 0.25) is 5.02 Å². The molecule has 0 saturated heterocycles. The number of hydrogen-bond acceptors (Lipinski definition) is 4. The van der Waals surface area contributed by atoms with Crippen LogP contribution in [0.1, 0.15) is 39.0 Å². The third kappa shape index (κ3) is 3.98. The Balaban J connectivity index is 2.00. The van der Waals surface area contributed by atoms with Crippen molar-refractivity contribution in [3.63, 3.8) is 0 Å². The van der Waals surface area contributed by atoms with Crippen LogP contribution >= 0.6 is 11.6 Å². The SMILES string of the molecule is CCCCn1ncc(NCC2CCCC2CO)c(Cl)c1=O. The van der Waals surface area contributed by atoms with Crippen LogP contribution in [0.15, 0.2) is 11.0 Å². The lowest BCUT2D eigenvalue weighted by atomic mass is 9.97. The first kappa shape index (κ1) is 16.3. The second kappa shape index (κ2) is 7.80. The molecule has 0 spiro atoms. The van der Waals surface area contributed by atoms with Crippen LogP contribution in [-0.2, 0) is 6.54 Å². The summed E-state index contributed by atoms with van der Waals surface area (Å²) in [5, 5.41) is 16.9. The average molecular weight is 314 g/mol. The van der Waals surface area contributed by atoms with Crippen LogP contribution in [0.3, 0.4) is 0 Å². The van der Waals surface area contributed by atoms with E-state index in [1.54, 1.807) is 6.20 Å². The van der Waals surface area contributed by atoms with E-state index < -0.39 is 0 Å². The van der Waals surface area contributed by atoms with E-state index in [2.05, 4.69) is 17.3 Å². The summed E-state index contributed by atoms with van der Waals surface area (Å²) in [5.74, 6) is 0.794. The maximum absolute atomic E-state index is 12.1. The van der Waals surface area contributed by atoms with Crippen LogP contribution in [0.5, 0.6) is 0 Å². The number of anilines is 1. The predicted molar refractivity (Wildman–Crippen MR) is 84.8 cm³/mol. The van der Waals surface area contributed by atoms with E-state index in [0.717, 1.165) is 38.6 Å². The first-order valence-corrected chi connectivity index (χ1v) is 8.15. The molecular weight excluding hydrogens is 290 g/mol. The van der Waals surface area contributed by atoms with Crippen molar-refractivity contribution >= 4 is 17.3 Å². The Morgan fingerprint density at radius 1 is 1.48 bits per heavy atom. The molecule has 1 aliphatic carbocycles. The van der Waals surface area contributed by atoms with Gasteiger partial charge in [-0.1, -0.05) is 31.4 Å². The van der Waals surface area contributed by atoms with Crippen molar-refractivity contribution in [3.8, 4) is 0 Å². The minimum absolute atomic E-state index is 0.208. The van der Waals surface area contributed by atoms with Gasteiger partial charge in [0.15, 0.2) is 0 Å². The molecule has 6 heteroatoms. The Morgan fingerprint density at radius 2 is 2.24 bits per heavy atom. The Labute approximate surface area is 130 Å². The van der Waals surface area contributed by atoms with E-state index in [1.807, 2.05) is 0 Å². The number of halogens is 1. The number of nitrogens with zero attached hydrogens (tertiary/aromatic N) is 2. The minimum atomic E-state index is -0.236. The van der Waals surface area contributed by atoms with Gasteiger partial charge in [0.2, 0.25) is 0 Å². The van der Waals surface area contributed by atoms with E-state index in [4.69, 9.17) is 11.6 Å². The molecule has 1 saturated carbocycles. The van der Waals surface area contributed by atoms with Gasteiger partial charge in [0.1, 0.15) is 5.02 Å². The van der Waals surface area contributed by atoms with Crippen LogP contribution in [0.4, 0.5) is 5.69 Å². The van der Waals surface area contributed by atoms with E-state index in [1.165, 1.54) is 4.68 Å². The standard InChI is InChI=1S/C15H24ClN3O2/c1-2-3-7-19-15(21)14(16)13(9-18-19)17-8-11-5-4-6-12(11)10-20/h9,11-12,17,20H,2-8,10H2,1H3. The molecule has 1 aliphatic rings. The van der Waals surface area contributed by atoms with Gasteiger partial charge in [0.05, 0.1) is 11.9 Å². The van der Waals surface area contributed by atoms with Gasteiger partial charge in [0, 0.05) is 19.7 Å². The van der Waals surface area contributed by atoms with Crippen LogP contribution < -0.4 is 10.9 Å². The van der Waals surface area contributed by atoms with Gasteiger partial charge in [0.25, 0.3) is 5.56 Å². The van der Waals surface area contributed by atoms with Crippen LogP contribution in [0, 0.1) is 11.8 Å². The van der Waals surface area contributed by atoms with Crippen molar-refractivity contribution in [3.05, 3.63) is 21.6 Å². The molecule has 0 aliphatic heterocycles. The van der Waals surface area contributed by atoms with Gasteiger partial charge >= 0.3 is 0 Å². The molecule has 2 rings (SSSR count). The molecule has 1 aromatic rings. The maximum atomic E-state index is 12.1. The maximum Gasteiger partial charge on any atom is 0.287 e. The first-order valence-electron chi connectivity index (χ1n) is 7.77. The van der Waals surface area contributed by atoms with E-state index in [9.17, 15) is 9.90 Å². The summed E-state index contributed by atoms with van der Waals surface area (Å²) in [6.45, 7) is 3.63. The fraction of sp³-hybridized carbons (Fsp3) is 0.733. The lowest BCUT2D eigenvalue weighted by Gasteiger charge is -2.19. The minimum Gasteiger partial charge on any atom is -0.396 e. The third-order valence-electron chi connectivity index (χ3n) is 4.31. The summed E-state index contributed by atoms with van der Waals surface area (Å²) in [7, 11) is 0. The van der Waals surface area contributed by atoms with Gasteiger partial charge in [-0.15, -0.1) is 0 Å². The zero-order valence-corrected chi connectivity index (χ0v) is 13.3. The Morgan fingerprint density at radius 3 is 2.95 bits per heavy atom. The summed E-state index contributed by atoms with van der Waals surface area (Å²) >= 11 is 6.15. The molecule has 5 nitrogen and oxygen atoms in total. The highest BCUT2D eigenvalue weighted by Crippen LogP contribution is 2.31. The molecule has 2 atom stereocenters. The van der Waals surface area contributed by atoms with Crippen molar-refractivity contribution in [2.24, 2.45) is 11.8 Å². The normalized spacial score (nSPS) is 21.7. The largest absolute Gasteiger partial charge is 0.396 e. The lowest BCUT2D eigenvalue weighted by Crippen LogP contribution is -2.26. The van der Waals surface area contributed by atoms with E-state index >= 15 is 0 Å². The molecule has 1 aromatic heterocycles. The fourth-order valence-corrected chi connectivity index (χ4v) is 3.13. The number of aliphatic hydroxyl groups excluding tert-OH is 1. The first-order chi connectivity index (χ1) is 10.2. The van der Waals surface area contributed by atoms with Crippen molar-refractivity contribution in [2.75, 3.05) is 18.5 Å². The van der Waals surface area contributed by atoms with Gasteiger partial charge in [-0.05, 0) is 31.1 Å². The number of aromatic nitrogens is 2. The van der Waals surface area contributed by atoms with Gasteiger partial charge in [-0.3, -0.25) is 4.79 Å².